The summed E-state index contributed by atoms with van der Waals surface area (Å²) >= 11 is 0. The van der Waals surface area contributed by atoms with E-state index in [1.54, 1.807) is 0 Å². The van der Waals surface area contributed by atoms with Crippen molar-refractivity contribution >= 4 is 11.6 Å². The van der Waals surface area contributed by atoms with Gasteiger partial charge in [0.25, 0.3) is 0 Å². The van der Waals surface area contributed by atoms with Crippen molar-refractivity contribution in [1.82, 2.24) is 0 Å². The van der Waals surface area contributed by atoms with E-state index in [9.17, 15) is 14.9 Å². The molecule has 0 amide bonds. The molecule has 5 aliphatic rings. The maximum absolute atomic E-state index is 14.0. The Morgan fingerprint density at radius 3 is 2.27 bits per heavy atom. The molecule has 0 heterocycles. The summed E-state index contributed by atoms with van der Waals surface area (Å²) in [7, 11) is 0. The second-order valence-corrected chi connectivity index (χ2v) is 14.2. The molecule has 8 atom stereocenters. The van der Waals surface area contributed by atoms with Gasteiger partial charge in [0.1, 0.15) is 5.92 Å². The SMILES string of the molecule is CC1(C)CC[C@]2(N)CCC3C(C(=O)C=C4[C@@]3(C)CCC3C(C)(C)C(=O)C(C#N)C[C@]43C)C2C1. The van der Waals surface area contributed by atoms with Gasteiger partial charge in [0, 0.05) is 16.9 Å². The first-order valence-electron chi connectivity index (χ1n) is 13.2. The number of nitrogens with two attached hydrogens (primary N) is 1. The Hall–Kier alpha value is -1.47. The number of allylic oxidation sites excluding steroid dienone is 2. The van der Waals surface area contributed by atoms with Gasteiger partial charge in [-0.05, 0) is 91.4 Å². The van der Waals surface area contributed by atoms with Gasteiger partial charge < -0.3 is 5.73 Å². The number of hydrogen-bond donors (Lipinski definition) is 1. The first-order chi connectivity index (χ1) is 15.2. The van der Waals surface area contributed by atoms with Gasteiger partial charge in [-0.25, -0.2) is 0 Å². The van der Waals surface area contributed by atoms with Crippen molar-refractivity contribution in [3.8, 4) is 6.07 Å². The molecular formula is C29H42N2O2. The number of nitrogens with zero attached hydrogens (tertiary/aromatic N) is 1. The molecule has 33 heavy (non-hydrogen) atoms. The highest BCUT2D eigenvalue weighted by molar-refractivity contribution is 5.95. The van der Waals surface area contributed by atoms with Crippen LogP contribution in [0.25, 0.3) is 0 Å². The van der Waals surface area contributed by atoms with Crippen LogP contribution >= 0.6 is 0 Å². The third-order valence-corrected chi connectivity index (χ3v) is 11.6. The van der Waals surface area contributed by atoms with Crippen molar-refractivity contribution in [1.29, 1.82) is 5.26 Å². The van der Waals surface area contributed by atoms with Crippen LogP contribution in [-0.2, 0) is 9.59 Å². The lowest BCUT2D eigenvalue weighted by molar-refractivity contribution is -0.151. The zero-order chi connectivity index (χ0) is 24.2. The van der Waals surface area contributed by atoms with Crippen LogP contribution in [0, 0.1) is 62.6 Å². The molecule has 5 unspecified atom stereocenters. The molecule has 0 saturated heterocycles. The van der Waals surface area contributed by atoms with E-state index in [-0.39, 0.29) is 51.1 Å². The summed E-state index contributed by atoms with van der Waals surface area (Å²) in [6.45, 7) is 13.4. The highest BCUT2D eigenvalue weighted by Gasteiger charge is 2.66. The van der Waals surface area contributed by atoms with E-state index >= 15 is 0 Å². The Balaban J connectivity index is 1.61. The van der Waals surface area contributed by atoms with Crippen molar-refractivity contribution in [2.75, 3.05) is 0 Å². The number of carbonyl (C=O) groups is 2. The fourth-order valence-electron chi connectivity index (χ4n) is 9.79. The van der Waals surface area contributed by atoms with E-state index in [0.29, 0.717) is 12.3 Å². The van der Waals surface area contributed by atoms with Crippen molar-refractivity contribution in [2.45, 2.75) is 98.4 Å². The zero-order valence-electron chi connectivity index (χ0n) is 21.5. The second-order valence-electron chi connectivity index (χ2n) is 14.2. The molecule has 4 fully saturated rings. The first kappa shape index (κ1) is 23.3. The normalized spacial score (nSPS) is 50.1. The maximum Gasteiger partial charge on any atom is 0.159 e. The minimum atomic E-state index is -0.584. The predicted molar refractivity (Wildman–Crippen MR) is 129 cm³/mol. The summed E-state index contributed by atoms with van der Waals surface area (Å²) in [5.41, 5.74) is 7.44. The van der Waals surface area contributed by atoms with E-state index in [0.717, 1.165) is 44.9 Å². The molecule has 5 aliphatic carbocycles. The zero-order valence-corrected chi connectivity index (χ0v) is 21.5. The molecule has 0 bridgehead atoms. The van der Waals surface area contributed by atoms with Crippen LogP contribution in [0.15, 0.2) is 11.6 Å². The number of nitriles is 1. The lowest BCUT2D eigenvalue weighted by atomic mass is 9.38. The standard InChI is InChI=1S/C29H42N2O2/c1-25(2)11-12-29(31)10-7-18-23(19(29)15-25)20(32)13-22-27(18,5)9-8-21-26(3,4)24(33)17(16-30)14-28(21,22)6/h13,17-19,21,23H,7-12,14-15,31H2,1-6H3/t17?,18?,19?,21?,23?,27-,28-,29+/m0/s1. The monoisotopic (exact) mass is 450 g/mol. The molecular weight excluding hydrogens is 408 g/mol. The van der Waals surface area contributed by atoms with E-state index in [1.165, 1.54) is 5.57 Å². The number of rotatable bonds is 0. The molecule has 0 aromatic heterocycles. The fraction of sp³-hybridized carbons (Fsp3) is 0.828. The quantitative estimate of drug-likeness (QED) is 0.520. The van der Waals surface area contributed by atoms with Crippen LogP contribution in [0.5, 0.6) is 0 Å². The molecule has 0 spiro atoms. The number of ketones is 2. The van der Waals surface area contributed by atoms with Gasteiger partial charge in [-0.2, -0.15) is 5.26 Å². The topological polar surface area (TPSA) is 84.0 Å². The van der Waals surface area contributed by atoms with Gasteiger partial charge in [-0.3, -0.25) is 9.59 Å². The van der Waals surface area contributed by atoms with E-state index in [2.05, 4.69) is 33.8 Å². The number of hydrogen-bond acceptors (Lipinski definition) is 4. The van der Waals surface area contributed by atoms with Crippen molar-refractivity contribution < 1.29 is 9.59 Å². The summed E-state index contributed by atoms with van der Waals surface area (Å²) in [6, 6.07) is 2.32. The average molecular weight is 451 g/mol. The minimum Gasteiger partial charge on any atom is -0.325 e. The summed E-state index contributed by atoms with van der Waals surface area (Å²) in [5.74, 6) is 0.545. The Kier molecular flexibility index (Phi) is 4.80. The Labute approximate surface area is 199 Å². The molecule has 5 rings (SSSR count). The number of Topliss-reactive ketones (excluding diaryl/α,β-unsaturated/α-hetero) is 1. The molecule has 4 heteroatoms. The largest absolute Gasteiger partial charge is 0.325 e. The van der Waals surface area contributed by atoms with Crippen LogP contribution in [0.1, 0.15) is 92.9 Å². The van der Waals surface area contributed by atoms with Crippen LogP contribution < -0.4 is 5.73 Å². The maximum atomic E-state index is 14.0. The van der Waals surface area contributed by atoms with Gasteiger partial charge >= 0.3 is 0 Å². The van der Waals surface area contributed by atoms with E-state index < -0.39 is 11.3 Å². The van der Waals surface area contributed by atoms with Gasteiger partial charge in [-0.15, -0.1) is 0 Å². The molecule has 4 saturated carbocycles. The van der Waals surface area contributed by atoms with Gasteiger partial charge in [0.05, 0.1) is 6.07 Å². The Bertz CT molecular complexity index is 986. The summed E-state index contributed by atoms with van der Waals surface area (Å²) in [4.78, 5) is 27.1. The molecule has 180 valence electrons. The lowest BCUT2D eigenvalue weighted by Crippen LogP contribution is -2.65. The highest BCUT2D eigenvalue weighted by atomic mass is 16.1. The van der Waals surface area contributed by atoms with E-state index in [4.69, 9.17) is 5.73 Å². The fourth-order valence-corrected chi connectivity index (χ4v) is 9.79. The first-order valence-corrected chi connectivity index (χ1v) is 13.2. The summed E-state index contributed by atoms with van der Waals surface area (Å²) in [6.07, 6.45) is 9.79. The Morgan fingerprint density at radius 1 is 0.909 bits per heavy atom. The summed E-state index contributed by atoms with van der Waals surface area (Å²) < 4.78 is 0. The highest BCUT2D eigenvalue weighted by Crippen LogP contribution is 2.70. The van der Waals surface area contributed by atoms with Crippen LogP contribution in [0.3, 0.4) is 0 Å². The predicted octanol–water partition coefficient (Wildman–Crippen LogP) is 5.61. The van der Waals surface area contributed by atoms with Gasteiger partial charge in [0.2, 0.25) is 0 Å². The van der Waals surface area contributed by atoms with Crippen LogP contribution in [0.4, 0.5) is 0 Å². The average Bonchev–Trinajstić information content (AvgIpc) is 2.72. The molecule has 0 aliphatic heterocycles. The smallest absolute Gasteiger partial charge is 0.159 e. The third-order valence-electron chi connectivity index (χ3n) is 11.6. The minimum absolute atomic E-state index is 0.0159. The van der Waals surface area contributed by atoms with Gasteiger partial charge in [-0.1, -0.05) is 47.1 Å². The number of fused-ring (bicyclic) bond motifs is 7. The molecule has 0 aromatic carbocycles. The van der Waals surface area contributed by atoms with Crippen LogP contribution in [0.2, 0.25) is 0 Å². The van der Waals surface area contributed by atoms with Gasteiger partial charge in [0.15, 0.2) is 11.6 Å². The lowest BCUT2D eigenvalue weighted by Gasteiger charge is -2.65. The second kappa shape index (κ2) is 6.81. The summed E-state index contributed by atoms with van der Waals surface area (Å²) in [5, 5.41) is 9.83. The van der Waals surface area contributed by atoms with Crippen molar-refractivity contribution in [3.05, 3.63) is 11.6 Å². The molecule has 0 radical (unpaired) electrons. The molecule has 2 N–H and O–H groups in total. The molecule has 4 nitrogen and oxygen atoms in total. The third kappa shape index (κ3) is 2.97. The Morgan fingerprint density at radius 2 is 1.61 bits per heavy atom. The van der Waals surface area contributed by atoms with E-state index in [1.807, 2.05) is 19.9 Å². The van der Waals surface area contributed by atoms with Crippen molar-refractivity contribution in [2.24, 2.45) is 57.0 Å². The van der Waals surface area contributed by atoms with Crippen LogP contribution in [-0.4, -0.2) is 17.1 Å². The molecule has 0 aromatic rings. The van der Waals surface area contributed by atoms with Crippen molar-refractivity contribution in [3.63, 3.8) is 0 Å². The number of carbonyl (C=O) groups excluding carboxylic acids is 2.